The van der Waals surface area contributed by atoms with E-state index in [-0.39, 0.29) is 17.7 Å². The van der Waals surface area contributed by atoms with E-state index in [9.17, 15) is 23.1 Å². The fourth-order valence-corrected chi connectivity index (χ4v) is 4.02. The summed E-state index contributed by atoms with van der Waals surface area (Å²) >= 11 is 0. The molecule has 0 aliphatic heterocycles. The van der Waals surface area contributed by atoms with Crippen LogP contribution < -0.4 is 10.2 Å². The minimum absolute atomic E-state index is 0.184. The average molecular weight is 461 g/mol. The molecule has 3 aromatic rings. The van der Waals surface area contributed by atoms with E-state index in [0.717, 1.165) is 35.9 Å². The van der Waals surface area contributed by atoms with Gasteiger partial charge in [-0.25, -0.2) is 4.98 Å². The SMILES string of the molecule is CN(C)c1cc2nn(C3CC(C(C)(C)O)C3)cc2cc1NC(=O)c1cccc(C(F)(F)F)n1. The van der Waals surface area contributed by atoms with Gasteiger partial charge in [0, 0.05) is 25.7 Å². The van der Waals surface area contributed by atoms with Gasteiger partial charge in [0.15, 0.2) is 0 Å². The van der Waals surface area contributed by atoms with Gasteiger partial charge in [-0.15, -0.1) is 0 Å². The molecular weight excluding hydrogens is 435 g/mol. The van der Waals surface area contributed by atoms with Gasteiger partial charge >= 0.3 is 6.18 Å². The number of carbonyl (C=O) groups excluding carboxylic acids is 1. The molecule has 4 rings (SSSR count). The molecule has 2 heterocycles. The molecule has 176 valence electrons. The van der Waals surface area contributed by atoms with Gasteiger partial charge in [0.2, 0.25) is 0 Å². The molecule has 2 N–H and O–H groups in total. The van der Waals surface area contributed by atoms with Crippen LogP contribution in [-0.2, 0) is 6.18 Å². The maximum absolute atomic E-state index is 13.0. The molecule has 0 saturated heterocycles. The molecule has 0 radical (unpaired) electrons. The van der Waals surface area contributed by atoms with E-state index < -0.39 is 23.4 Å². The summed E-state index contributed by atoms with van der Waals surface area (Å²) in [6.45, 7) is 3.62. The van der Waals surface area contributed by atoms with E-state index in [0.29, 0.717) is 11.4 Å². The van der Waals surface area contributed by atoms with Crippen LogP contribution in [0.3, 0.4) is 0 Å². The molecule has 1 aliphatic carbocycles. The monoisotopic (exact) mass is 461 g/mol. The number of alkyl halides is 3. The van der Waals surface area contributed by atoms with Gasteiger partial charge in [0.25, 0.3) is 5.91 Å². The molecule has 0 bridgehead atoms. The minimum Gasteiger partial charge on any atom is -0.390 e. The van der Waals surface area contributed by atoms with Gasteiger partial charge in [0.1, 0.15) is 11.4 Å². The fourth-order valence-electron chi connectivity index (χ4n) is 4.02. The lowest BCUT2D eigenvalue weighted by atomic mass is 9.71. The van der Waals surface area contributed by atoms with Crippen LogP contribution >= 0.6 is 0 Å². The van der Waals surface area contributed by atoms with Crippen LogP contribution in [0, 0.1) is 5.92 Å². The molecule has 1 aromatic carbocycles. The summed E-state index contributed by atoms with van der Waals surface area (Å²) < 4.78 is 40.8. The highest BCUT2D eigenvalue weighted by atomic mass is 19.4. The summed E-state index contributed by atoms with van der Waals surface area (Å²) in [7, 11) is 3.60. The number of rotatable bonds is 5. The number of hydrogen-bond acceptors (Lipinski definition) is 5. The molecule has 0 unspecified atom stereocenters. The molecule has 1 fully saturated rings. The summed E-state index contributed by atoms with van der Waals surface area (Å²) in [6.07, 6.45) is -1.10. The van der Waals surface area contributed by atoms with Crippen molar-refractivity contribution in [1.82, 2.24) is 14.8 Å². The van der Waals surface area contributed by atoms with E-state index >= 15 is 0 Å². The summed E-state index contributed by atoms with van der Waals surface area (Å²) in [5.74, 6) is -0.523. The lowest BCUT2D eigenvalue weighted by Gasteiger charge is -2.42. The maximum Gasteiger partial charge on any atom is 0.433 e. The molecule has 10 heteroatoms. The van der Waals surface area contributed by atoms with Crippen LogP contribution in [0.2, 0.25) is 0 Å². The molecule has 2 aromatic heterocycles. The van der Waals surface area contributed by atoms with Gasteiger partial charge < -0.3 is 15.3 Å². The summed E-state index contributed by atoms with van der Waals surface area (Å²) in [5, 5.41) is 18.3. The highest BCUT2D eigenvalue weighted by Gasteiger charge is 2.40. The van der Waals surface area contributed by atoms with Gasteiger partial charge in [0.05, 0.1) is 28.5 Å². The van der Waals surface area contributed by atoms with Crippen molar-refractivity contribution in [3.63, 3.8) is 0 Å². The Morgan fingerprint density at radius 1 is 1.21 bits per heavy atom. The third-order valence-corrected chi connectivity index (χ3v) is 6.13. The summed E-state index contributed by atoms with van der Waals surface area (Å²) in [4.78, 5) is 18.0. The van der Waals surface area contributed by atoms with Gasteiger partial charge in [-0.2, -0.15) is 18.3 Å². The Kier molecular flexibility index (Phi) is 5.60. The van der Waals surface area contributed by atoms with Gasteiger partial charge in [-0.3, -0.25) is 9.48 Å². The Labute approximate surface area is 189 Å². The molecule has 0 spiro atoms. The third kappa shape index (κ3) is 4.66. The van der Waals surface area contributed by atoms with E-state index in [1.165, 1.54) is 6.07 Å². The second-order valence-electron chi connectivity index (χ2n) is 9.27. The zero-order valence-electron chi connectivity index (χ0n) is 18.8. The first-order valence-electron chi connectivity index (χ1n) is 10.6. The number of aliphatic hydroxyl groups is 1. The molecule has 0 atom stereocenters. The van der Waals surface area contributed by atoms with Crippen molar-refractivity contribution in [3.05, 3.63) is 47.9 Å². The molecule has 33 heavy (non-hydrogen) atoms. The molecular formula is C23H26F3N5O2. The summed E-state index contributed by atoms with van der Waals surface area (Å²) in [5.41, 5.74) is -0.325. The summed E-state index contributed by atoms with van der Waals surface area (Å²) in [6, 6.07) is 6.99. The van der Waals surface area contributed by atoms with Crippen LogP contribution in [-0.4, -0.2) is 45.5 Å². The van der Waals surface area contributed by atoms with Gasteiger partial charge in [-0.1, -0.05) is 6.07 Å². The number of hydrogen-bond donors (Lipinski definition) is 2. The first-order chi connectivity index (χ1) is 15.3. The number of fused-ring (bicyclic) bond motifs is 1. The number of nitrogens with one attached hydrogen (secondary N) is 1. The van der Waals surface area contributed by atoms with Crippen molar-refractivity contribution in [2.45, 2.75) is 44.5 Å². The Bertz CT molecular complexity index is 1190. The number of benzene rings is 1. The van der Waals surface area contributed by atoms with Crippen molar-refractivity contribution >= 4 is 28.2 Å². The van der Waals surface area contributed by atoms with Crippen LogP contribution in [0.1, 0.15) is 48.9 Å². The zero-order chi connectivity index (χ0) is 24.1. The topological polar surface area (TPSA) is 83.3 Å². The average Bonchev–Trinajstić information content (AvgIpc) is 3.06. The van der Waals surface area contributed by atoms with Gasteiger partial charge in [-0.05, 0) is 56.9 Å². The number of nitrogens with zero attached hydrogens (tertiary/aromatic N) is 4. The number of pyridine rings is 1. The number of anilines is 2. The van der Waals surface area contributed by atoms with Crippen molar-refractivity contribution in [2.24, 2.45) is 5.92 Å². The maximum atomic E-state index is 13.0. The normalized spacial score (nSPS) is 18.8. The number of halogens is 3. The Hall–Kier alpha value is -3.14. The van der Waals surface area contributed by atoms with Crippen molar-refractivity contribution in [3.8, 4) is 0 Å². The molecule has 1 aliphatic rings. The number of carbonyl (C=O) groups is 1. The Morgan fingerprint density at radius 3 is 2.52 bits per heavy atom. The van der Waals surface area contributed by atoms with E-state index in [2.05, 4.69) is 15.4 Å². The molecule has 1 amide bonds. The smallest absolute Gasteiger partial charge is 0.390 e. The largest absolute Gasteiger partial charge is 0.433 e. The first kappa shape index (κ1) is 23.0. The lowest BCUT2D eigenvalue weighted by molar-refractivity contribution is -0.141. The predicted molar refractivity (Wildman–Crippen MR) is 119 cm³/mol. The van der Waals surface area contributed by atoms with Crippen LogP contribution in [0.5, 0.6) is 0 Å². The quantitative estimate of drug-likeness (QED) is 0.585. The second-order valence-corrected chi connectivity index (χ2v) is 9.27. The van der Waals surface area contributed by atoms with Crippen molar-refractivity contribution < 1.29 is 23.1 Å². The minimum atomic E-state index is -4.63. The molecule has 7 nitrogen and oxygen atoms in total. The lowest BCUT2D eigenvalue weighted by Crippen LogP contribution is -2.41. The number of amides is 1. The van der Waals surface area contributed by atoms with E-state index in [4.69, 9.17) is 0 Å². The molecule has 1 saturated carbocycles. The standard InChI is InChI=1S/C23H26F3N5O2/c1-22(2,33)14-9-15(10-14)31-12-13-8-18(19(30(3)4)11-17(13)29-31)28-21(32)16-6-5-7-20(27-16)23(24,25)26/h5-8,11-12,14-15,33H,9-10H2,1-4H3,(H,28,32). The predicted octanol–water partition coefficient (Wildman–Crippen LogP) is 4.49. The van der Waals surface area contributed by atoms with Crippen LogP contribution in [0.15, 0.2) is 36.5 Å². The Morgan fingerprint density at radius 2 is 1.91 bits per heavy atom. The van der Waals surface area contributed by atoms with Crippen LogP contribution in [0.4, 0.5) is 24.5 Å². The zero-order valence-corrected chi connectivity index (χ0v) is 18.8. The van der Waals surface area contributed by atoms with E-state index in [1.54, 1.807) is 25.1 Å². The number of aromatic nitrogens is 3. The second kappa shape index (κ2) is 8.02. The van der Waals surface area contributed by atoms with E-state index in [1.807, 2.05) is 30.8 Å². The highest BCUT2D eigenvalue weighted by molar-refractivity contribution is 6.06. The Balaban J connectivity index is 1.61. The fraction of sp³-hybridized carbons (Fsp3) is 0.435. The van der Waals surface area contributed by atoms with Crippen molar-refractivity contribution in [1.29, 1.82) is 0 Å². The van der Waals surface area contributed by atoms with Crippen LogP contribution in [0.25, 0.3) is 10.9 Å². The first-order valence-corrected chi connectivity index (χ1v) is 10.6. The third-order valence-electron chi connectivity index (χ3n) is 6.13. The van der Waals surface area contributed by atoms with Crippen molar-refractivity contribution in [2.75, 3.05) is 24.3 Å². The highest BCUT2D eigenvalue weighted by Crippen LogP contribution is 2.44.